The molecule has 0 saturated heterocycles. The van der Waals surface area contributed by atoms with Crippen molar-refractivity contribution >= 4 is 46.2 Å². The molecule has 33 heavy (non-hydrogen) atoms. The molecule has 6 heteroatoms. The number of nitrogens with zero attached hydrogens (tertiary/aromatic N) is 2. The number of hydrazone groups is 1. The largest absolute Gasteiger partial charge is 0.340 e. The average Bonchev–Trinajstić information content (AvgIpc) is 3.03. The van der Waals surface area contributed by atoms with E-state index in [9.17, 15) is 4.79 Å². The van der Waals surface area contributed by atoms with Gasteiger partial charge in [0, 0.05) is 38.8 Å². The lowest BCUT2D eigenvalue weighted by Gasteiger charge is -2.10. The van der Waals surface area contributed by atoms with E-state index in [1.54, 1.807) is 12.3 Å². The number of benzene rings is 3. The maximum Gasteiger partial charge on any atom is 0.244 e. The van der Waals surface area contributed by atoms with Crippen molar-refractivity contribution in [2.75, 3.05) is 0 Å². The van der Waals surface area contributed by atoms with E-state index in [4.69, 9.17) is 23.2 Å². The van der Waals surface area contributed by atoms with Crippen LogP contribution in [0.25, 0.3) is 10.9 Å². The van der Waals surface area contributed by atoms with Gasteiger partial charge in [-0.15, -0.1) is 0 Å². The van der Waals surface area contributed by atoms with Crippen LogP contribution in [0.4, 0.5) is 0 Å². The van der Waals surface area contributed by atoms with Crippen LogP contribution in [-0.4, -0.2) is 16.7 Å². The Hall–Kier alpha value is -3.08. The number of para-hydroxylation sites is 1. The number of halogens is 2. The zero-order valence-electron chi connectivity index (χ0n) is 18.8. The Morgan fingerprint density at radius 1 is 1.00 bits per heavy atom. The third kappa shape index (κ3) is 5.13. The highest BCUT2D eigenvalue weighted by Crippen LogP contribution is 2.28. The highest BCUT2D eigenvalue weighted by Gasteiger charge is 2.14. The molecule has 0 unspecified atom stereocenters. The fourth-order valence-corrected chi connectivity index (χ4v) is 4.54. The van der Waals surface area contributed by atoms with Gasteiger partial charge in [-0.3, -0.25) is 4.79 Å². The standard InChI is InChI=1S/C27H25Cl2N3O/c1-17-8-9-20(18(2)12-17)13-27(33)31-30-15-24-19(3)32(26-7-5-4-6-23(24)26)16-21-10-11-22(28)14-25(21)29/h4-12,14-15H,13,16H2,1-3H3,(H,31,33)/b30-15-. The van der Waals surface area contributed by atoms with E-state index in [0.717, 1.165) is 38.9 Å². The van der Waals surface area contributed by atoms with Crippen LogP contribution >= 0.6 is 23.2 Å². The van der Waals surface area contributed by atoms with Crippen molar-refractivity contribution in [2.45, 2.75) is 33.7 Å². The number of hydrogen-bond donors (Lipinski definition) is 1. The van der Waals surface area contributed by atoms with E-state index in [0.29, 0.717) is 23.0 Å². The highest BCUT2D eigenvalue weighted by atomic mass is 35.5. The Kier molecular flexibility index (Phi) is 6.87. The van der Waals surface area contributed by atoms with Crippen molar-refractivity contribution in [1.82, 2.24) is 9.99 Å². The van der Waals surface area contributed by atoms with Gasteiger partial charge in [0.1, 0.15) is 0 Å². The molecule has 3 aromatic carbocycles. The second-order valence-electron chi connectivity index (χ2n) is 8.24. The molecule has 4 rings (SSSR count). The van der Waals surface area contributed by atoms with E-state index in [2.05, 4.69) is 33.3 Å². The Morgan fingerprint density at radius 2 is 1.76 bits per heavy atom. The van der Waals surface area contributed by atoms with E-state index >= 15 is 0 Å². The molecule has 0 bridgehead atoms. The van der Waals surface area contributed by atoms with Gasteiger partial charge < -0.3 is 4.57 Å². The second kappa shape index (κ2) is 9.82. The maximum atomic E-state index is 12.4. The minimum absolute atomic E-state index is 0.146. The Balaban J connectivity index is 1.57. The first-order chi connectivity index (χ1) is 15.8. The number of amides is 1. The lowest BCUT2D eigenvalue weighted by Crippen LogP contribution is -2.20. The molecular weight excluding hydrogens is 453 g/mol. The van der Waals surface area contributed by atoms with Crippen LogP contribution in [0.3, 0.4) is 0 Å². The topological polar surface area (TPSA) is 46.4 Å². The van der Waals surface area contributed by atoms with Crippen LogP contribution < -0.4 is 5.43 Å². The summed E-state index contributed by atoms with van der Waals surface area (Å²) >= 11 is 12.5. The molecule has 1 heterocycles. The van der Waals surface area contributed by atoms with Gasteiger partial charge in [0.05, 0.1) is 12.6 Å². The third-order valence-electron chi connectivity index (χ3n) is 5.86. The SMILES string of the molecule is Cc1ccc(CC(=O)N/N=C\c2c(C)n(Cc3ccc(Cl)cc3Cl)c3ccccc23)c(C)c1. The van der Waals surface area contributed by atoms with Crippen molar-refractivity contribution in [2.24, 2.45) is 5.10 Å². The van der Waals surface area contributed by atoms with Gasteiger partial charge in [0.2, 0.25) is 5.91 Å². The van der Waals surface area contributed by atoms with Crippen LogP contribution in [0.5, 0.6) is 0 Å². The molecule has 1 aromatic heterocycles. The lowest BCUT2D eigenvalue weighted by atomic mass is 10.0. The number of fused-ring (bicyclic) bond motifs is 1. The first kappa shape index (κ1) is 23.1. The fraction of sp³-hybridized carbons (Fsp3) is 0.185. The molecule has 0 aliphatic rings. The molecule has 0 spiro atoms. The van der Waals surface area contributed by atoms with Gasteiger partial charge >= 0.3 is 0 Å². The predicted octanol–water partition coefficient (Wildman–Crippen LogP) is 6.61. The number of aromatic nitrogens is 1. The molecule has 0 saturated carbocycles. The zero-order chi connectivity index (χ0) is 23.5. The first-order valence-electron chi connectivity index (χ1n) is 10.7. The van der Waals surface area contributed by atoms with Crippen molar-refractivity contribution < 1.29 is 4.79 Å². The molecule has 168 valence electrons. The Morgan fingerprint density at radius 3 is 2.52 bits per heavy atom. The summed E-state index contributed by atoms with van der Waals surface area (Å²) in [5.74, 6) is -0.146. The fourth-order valence-electron chi connectivity index (χ4n) is 4.07. The molecule has 0 aliphatic carbocycles. The maximum absolute atomic E-state index is 12.4. The smallest absolute Gasteiger partial charge is 0.244 e. The number of aryl methyl sites for hydroxylation is 2. The van der Waals surface area contributed by atoms with Gasteiger partial charge in [0.25, 0.3) is 0 Å². The number of carbonyl (C=O) groups is 1. The Labute approximate surface area is 203 Å². The van der Waals surface area contributed by atoms with Crippen LogP contribution in [0.15, 0.2) is 65.8 Å². The minimum Gasteiger partial charge on any atom is -0.340 e. The normalized spacial score (nSPS) is 11.4. The van der Waals surface area contributed by atoms with Crippen LogP contribution in [0.2, 0.25) is 10.0 Å². The molecule has 1 amide bonds. The Bertz CT molecular complexity index is 1370. The second-order valence-corrected chi connectivity index (χ2v) is 9.08. The van der Waals surface area contributed by atoms with E-state index < -0.39 is 0 Å². The van der Waals surface area contributed by atoms with Crippen LogP contribution in [0.1, 0.15) is 33.5 Å². The summed E-state index contributed by atoms with van der Waals surface area (Å²) < 4.78 is 2.20. The number of nitrogens with one attached hydrogen (secondary N) is 1. The van der Waals surface area contributed by atoms with Gasteiger partial charge in [-0.2, -0.15) is 5.10 Å². The predicted molar refractivity (Wildman–Crippen MR) is 138 cm³/mol. The minimum atomic E-state index is -0.146. The summed E-state index contributed by atoms with van der Waals surface area (Å²) in [6, 6.07) is 19.8. The summed E-state index contributed by atoms with van der Waals surface area (Å²) in [4.78, 5) is 12.4. The van der Waals surface area contributed by atoms with Crippen LogP contribution in [-0.2, 0) is 17.8 Å². The molecule has 0 atom stereocenters. The number of rotatable bonds is 6. The zero-order valence-corrected chi connectivity index (χ0v) is 20.3. The first-order valence-corrected chi connectivity index (χ1v) is 11.5. The van der Waals surface area contributed by atoms with Crippen molar-refractivity contribution in [3.8, 4) is 0 Å². The van der Waals surface area contributed by atoms with Crippen molar-refractivity contribution in [1.29, 1.82) is 0 Å². The summed E-state index contributed by atoms with van der Waals surface area (Å²) in [7, 11) is 0. The summed E-state index contributed by atoms with van der Waals surface area (Å²) in [5, 5.41) is 6.57. The number of hydrogen-bond acceptors (Lipinski definition) is 2. The monoisotopic (exact) mass is 477 g/mol. The molecule has 0 radical (unpaired) electrons. The molecule has 4 nitrogen and oxygen atoms in total. The van der Waals surface area contributed by atoms with Crippen LogP contribution in [0, 0.1) is 20.8 Å². The lowest BCUT2D eigenvalue weighted by molar-refractivity contribution is -0.120. The van der Waals surface area contributed by atoms with Gasteiger partial charge in [-0.25, -0.2) is 5.43 Å². The van der Waals surface area contributed by atoms with Crippen molar-refractivity contribution in [3.05, 3.63) is 104 Å². The average molecular weight is 478 g/mol. The number of carbonyl (C=O) groups excluding carboxylic acids is 1. The molecule has 1 N–H and O–H groups in total. The van der Waals surface area contributed by atoms with E-state index in [1.807, 2.05) is 57.2 Å². The van der Waals surface area contributed by atoms with Crippen molar-refractivity contribution in [3.63, 3.8) is 0 Å². The molecular formula is C27H25Cl2N3O. The molecule has 0 fully saturated rings. The third-order valence-corrected chi connectivity index (χ3v) is 6.44. The van der Waals surface area contributed by atoms with E-state index in [-0.39, 0.29) is 5.91 Å². The van der Waals surface area contributed by atoms with Gasteiger partial charge in [-0.1, -0.05) is 71.2 Å². The summed E-state index contributed by atoms with van der Waals surface area (Å²) in [5.41, 5.74) is 10.0. The van der Waals surface area contributed by atoms with Gasteiger partial charge in [0.15, 0.2) is 0 Å². The van der Waals surface area contributed by atoms with E-state index in [1.165, 1.54) is 5.56 Å². The molecule has 4 aromatic rings. The highest BCUT2D eigenvalue weighted by molar-refractivity contribution is 6.35. The van der Waals surface area contributed by atoms with Gasteiger partial charge in [-0.05, 0) is 55.7 Å². The summed E-state index contributed by atoms with van der Waals surface area (Å²) in [6.45, 7) is 6.71. The summed E-state index contributed by atoms with van der Waals surface area (Å²) in [6.07, 6.45) is 2.01. The molecule has 0 aliphatic heterocycles. The quantitative estimate of drug-likeness (QED) is 0.246.